The van der Waals surface area contributed by atoms with E-state index in [4.69, 9.17) is 4.74 Å². The van der Waals surface area contributed by atoms with Crippen LogP contribution in [0.25, 0.3) is 17.3 Å². The number of aromatic nitrogens is 3. The van der Waals surface area contributed by atoms with Crippen molar-refractivity contribution in [2.24, 2.45) is 7.05 Å². The summed E-state index contributed by atoms with van der Waals surface area (Å²) in [6.07, 6.45) is 10.3. The molecule has 0 aromatic carbocycles. The molecule has 3 aromatic rings. The van der Waals surface area contributed by atoms with Gasteiger partial charge < -0.3 is 10.1 Å². The van der Waals surface area contributed by atoms with Crippen LogP contribution >= 0.6 is 11.3 Å². The van der Waals surface area contributed by atoms with Crippen LogP contribution in [0.1, 0.15) is 46.1 Å². The molecule has 0 bridgehead atoms. The van der Waals surface area contributed by atoms with E-state index in [-0.39, 0.29) is 12.2 Å². The number of anilines is 1. The zero-order valence-corrected chi connectivity index (χ0v) is 19.2. The third-order valence-corrected chi connectivity index (χ3v) is 6.56. The highest BCUT2D eigenvalue weighted by molar-refractivity contribution is 7.17. The number of hydrogen-bond acceptors (Lipinski definition) is 7. The summed E-state index contributed by atoms with van der Waals surface area (Å²) in [4.78, 5) is 30.8. The molecule has 0 saturated carbocycles. The molecule has 1 N–H and O–H groups in total. The molecular weight excluding hydrogens is 438 g/mol. The number of thiophene rings is 1. The highest BCUT2D eigenvalue weighted by Gasteiger charge is 2.28. The average molecular weight is 462 g/mol. The Kier molecular flexibility index (Phi) is 6.66. The Hall–Kier alpha value is -3.77. The molecule has 1 aliphatic carbocycles. The first-order chi connectivity index (χ1) is 16.0. The molecule has 8 nitrogen and oxygen atoms in total. The Morgan fingerprint density at radius 2 is 2.06 bits per heavy atom. The fourth-order valence-electron chi connectivity index (χ4n) is 3.89. The second kappa shape index (κ2) is 9.79. The van der Waals surface area contributed by atoms with E-state index in [2.05, 4.69) is 15.4 Å². The summed E-state index contributed by atoms with van der Waals surface area (Å²) in [5.41, 5.74) is 3.38. The number of nitriles is 1. The number of hydrogen-bond donors (Lipinski definition) is 1. The third-order valence-electron chi connectivity index (χ3n) is 5.35. The van der Waals surface area contributed by atoms with Gasteiger partial charge in [-0.3, -0.25) is 14.5 Å². The summed E-state index contributed by atoms with van der Waals surface area (Å²) in [6, 6.07) is 5.61. The second-order valence-electron chi connectivity index (χ2n) is 7.60. The molecule has 0 fully saturated rings. The van der Waals surface area contributed by atoms with Gasteiger partial charge in [0.25, 0.3) is 5.91 Å². The van der Waals surface area contributed by atoms with E-state index in [1.54, 1.807) is 37.2 Å². The van der Waals surface area contributed by atoms with Gasteiger partial charge in [-0.1, -0.05) is 0 Å². The van der Waals surface area contributed by atoms with Crippen molar-refractivity contribution in [3.05, 3.63) is 57.9 Å². The highest BCUT2D eigenvalue weighted by Crippen LogP contribution is 2.39. The minimum Gasteiger partial charge on any atom is -0.462 e. The lowest BCUT2D eigenvalue weighted by molar-refractivity contribution is -0.112. The summed E-state index contributed by atoms with van der Waals surface area (Å²) in [7, 11) is 1.77. The molecule has 0 unspecified atom stereocenters. The van der Waals surface area contributed by atoms with Crippen molar-refractivity contribution in [2.75, 3.05) is 11.9 Å². The molecule has 1 aliphatic rings. The predicted molar refractivity (Wildman–Crippen MR) is 126 cm³/mol. The van der Waals surface area contributed by atoms with Gasteiger partial charge in [-0.15, -0.1) is 11.3 Å². The van der Waals surface area contributed by atoms with Gasteiger partial charge in [0.2, 0.25) is 0 Å². The lowest BCUT2D eigenvalue weighted by atomic mass is 9.95. The largest absolute Gasteiger partial charge is 0.462 e. The zero-order valence-electron chi connectivity index (χ0n) is 18.4. The maximum Gasteiger partial charge on any atom is 0.341 e. The number of aryl methyl sites for hydroxylation is 2. The molecule has 0 saturated heterocycles. The van der Waals surface area contributed by atoms with Gasteiger partial charge in [-0.25, -0.2) is 4.79 Å². The number of nitrogens with one attached hydrogen (secondary N) is 1. The first kappa shape index (κ1) is 22.4. The van der Waals surface area contributed by atoms with E-state index in [0.29, 0.717) is 21.8 Å². The summed E-state index contributed by atoms with van der Waals surface area (Å²) < 4.78 is 6.87. The lowest BCUT2D eigenvalue weighted by Gasteiger charge is -2.12. The molecule has 0 radical (unpaired) electrons. The minimum atomic E-state index is -0.578. The van der Waals surface area contributed by atoms with Crippen molar-refractivity contribution in [3.63, 3.8) is 0 Å². The van der Waals surface area contributed by atoms with Crippen LogP contribution in [0, 0.1) is 11.3 Å². The second-order valence-corrected chi connectivity index (χ2v) is 8.71. The molecule has 9 heteroatoms. The fraction of sp³-hybridized carbons (Fsp3) is 0.292. The smallest absolute Gasteiger partial charge is 0.341 e. The van der Waals surface area contributed by atoms with E-state index < -0.39 is 11.9 Å². The molecule has 3 heterocycles. The predicted octanol–water partition coefficient (Wildman–Crippen LogP) is 4.14. The number of amides is 1. The molecule has 33 heavy (non-hydrogen) atoms. The number of carbonyl (C=O) groups excluding carboxylic acids is 2. The number of esters is 1. The number of pyridine rings is 1. The Morgan fingerprint density at radius 3 is 2.79 bits per heavy atom. The standard InChI is InChI=1S/C24H23N5O3S/c1-3-32-24(31)20-18-6-4-5-7-19(18)33-23(20)27-22(30)16(13-25)12-17-14-29(2)28-21(17)15-8-10-26-11-9-15/h8-12,14H,3-7H2,1-2H3,(H,27,30)/b16-12-. The van der Waals surface area contributed by atoms with Crippen molar-refractivity contribution in [1.82, 2.24) is 14.8 Å². The summed E-state index contributed by atoms with van der Waals surface area (Å²) in [6.45, 7) is 2.00. The monoisotopic (exact) mass is 461 g/mol. The van der Waals surface area contributed by atoms with Gasteiger partial charge in [0.1, 0.15) is 16.6 Å². The van der Waals surface area contributed by atoms with E-state index in [0.717, 1.165) is 41.7 Å². The van der Waals surface area contributed by atoms with Gasteiger partial charge in [0.15, 0.2) is 0 Å². The van der Waals surface area contributed by atoms with Gasteiger partial charge in [-0.2, -0.15) is 10.4 Å². The van der Waals surface area contributed by atoms with Crippen LogP contribution in [0.4, 0.5) is 5.00 Å². The Bertz CT molecular complexity index is 1270. The zero-order chi connectivity index (χ0) is 23.4. The Labute approximate surface area is 195 Å². The maximum absolute atomic E-state index is 13.1. The van der Waals surface area contributed by atoms with Gasteiger partial charge in [0, 0.05) is 41.6 Å². The molecule has 0 aliphatic heterocycles. The molecule has 0 atom stereocenters. The van der Waals surface area contributed by atoms with Crippen LogP contribution in [0.3, 0.4) is 0 Å². The lowest BCUT2D eigenvalue weighted by Crippen LogP contribution is -2.16. The van der Waals surface area contributed by atoms with Crippen LogP contribution < -0.4 is 5.32 Å². The topological polar surface area (TPSA) is 110 Å². The first-order valence-corrected chi connectivity index (χ1v) is 11.5. The summed E-state index contributed by atoms with van der Waals surface area (Å²) >= 11 is 1.39. The molecule has 0 spiro atoms. The van der Waals surface area contributed by atoms with E-state index in [1.807, 2.05) is 18.2 Å². The molecular formula is C24H23N5O3S. The summed E-state index contributed by atoms with van der Waals surface area (Å²) in [5.74, 6) is -1.02. The molecule has 3 aromatic heterocycles. The molecule has 4 rings (SSSR count). The Balaban J connectivity index is 1.67. The molecule has 1 amide bonds. The molecule has 168 valence electrons. The van der Waals surface area contributed by atoms with Gasteiger partial charge in [0.05, 0.1) is 17.9 Å². The van der Waals surface area contributed by atoms with Crippen LogP contribution in [-0.2, 0) is 29.4 Å². The maximum atomic E-state index is 13.1. The Morgan fingerprint density at radius 1 is 1.30 bits per heavy atom. The van der Waals surface area contributed by atoms with E-state index in [1.165, 1.54) is 17.4 Å². The third kappa shape index (κ3) is 4.71. The first-order valence-electron chi connectivity index (χ1n) is 10.7. The van der Waals surface area contributed by atoms with Crippen molar-refractivity contribution >= 4 is 34.3 Å². The van der Waals surface area contributed by atoms with Gasteiger partial charge >= 0.3 is 5.97 Å². The minimum absolute atomic E-state index is 0.0838. The van der Waals surface area contributed by atoms with Crippen molar-refractivity contribution in [1.29, 1.82) is 5.26 Å². The van der Waals surface area contributed by atoms with Crippen LogP contribution in [-0.4, -0.2) is 33.2 Å². The van der Waals surface area contributed by atoms with E-state index in [9.17, 15) is 14.9 Å². The van der Waals surface area contributed by atoms with Crippen molar-refractivity contribution in [3.8, 4) is 17.3 Å². The number of fused-ring (bicyclic) bond motifs is 1. The number of carbonyl (C=O) groups is 2. The summed E-state index contributed by atoms with van der Waals surface area (Å²) in [5, 5.41) is 17.4. The quantitative estimate of drug-likeness (QED) is 0.336. The average Bonchev–Trinajstić information content (AvgIpc) is 3.37. The SMILES string of the molecule is CCOC(=O)c1c(NC(=O)/C(C#N)=C\c2cn(C)nc2-c2ccncc2)sc2c1CCCC2. The van der Waals surface area contributed by atoms with Crippen molar-refractivity contribution < 1.29 is 14.3 Å². The number of rotatable bonds is 6. The van der Waals surface area contributed by atoms with Gasteiger partial charge in [-0.05, 0) is 56.4 Å². The van der Waals surface area contributed by atoms with E-state index >= 15 is 0 Å². The van der Waals surface area contributed by atoms with Crippen LogP contribution in [0.2, 0.25) is 0 Å². The number of nitrogens with zero attached hydrogens (tertiary/aromatic N) is 4. The van der Waals surface area contributed by atoms with Crippen LogP contribution in [0.5, 0.6) is 0 Å². The highest BCUT2D eigenvalue weighted by atomic mass is 32.1. The normalized spacial score (nSPS) is 13.2. The fourth-order valence-corrected chi connectivity index (χ4v) is 5.17. The number of ether oxygens (including phenoxy) is 1. The van der Waals surface area contributed by atoms with Crippen LogP contribution in [0.15, 0.2) is 36.3 Å². The van der Waals surface area contributed by atoms with Crippen molar-refractivity contribution in [2.45, 2.75) is 32.6 Å².